The first-order valence-electron chi connectivity index (χ1n) is 5.98. The standard InChI is InChI=1S/C13H12ClN5O/c1-18(2)13-15-11-8(12(20)16-13)7-19(17-11)10-6-4-3-5-9(10)14/h3-7H,1-2H3,(H,15,16,17,20). The van der Waals surface area contributed by atoms with Crippen molar-refractivity contribution in [1.29, 1.82) is 0 Å². The molecular formula is C13H12ClN5O. The van der Waals surface area contributed by atoms with Gasteiger partial charge in [0.15, 0.2) is 5.65 Å². The summed E-state index contributed by atoms with van der Waals surface area (Å²) < 4.78 is 1.56. The van der Waals surface area contributed by atoms with Gasteiger partial charge in [0.25, 0.3) is 5.56 Å². The van der Waals surface area contributed by atoms with Crippen molar-refractivity contribution in [3.63, 3.8) is 0 Å². The van der Waals surface area contributed by atoms with Gasteiger partial charge < -0.3 is 4.90 Å². The molecule has 0 bridgehead atoms. The van der Waals surface area contributed by atoms with Crippen molar-refractivity contribution >= 4 is 28.6 Å². The van der Waals surface area contributed by atoms with Crippen LogP contribution in [-0.2, 0) is 0 Å². The summed E-state index contributed by atoms with van der Waals surface area (Å²) in [7, 11) is 3.60. The molecule has 0 atom stereocenters. The van der Waals surface area contributed by atoms with Gasteiger partial charge in [0, 0.05) is 20.3 Å². The first-order valence-corrected chi connectivity index (χ1v) is 6.36. The lowest BCUT2D eigenvalue weighted by Crippen LogP contribution is -2.18. The molecule has 3 aromatic rings. The molecular weight excluding hydrogens is 278 g/mol. The molecule has 3 rings (SSSR count). The number of aromatic nitrogens is 4. The molecule has 6 nitrogen and oxygen atoms in total. The van der Waals surface area contributed by atoms with Gasteiger partial charge in [-0.25, -0.2) is 4.68 Å². The molecule has 2 heterocycles. The number of para-hydroxylation sites is 1. The van der Waals surface area contributed by atoms with E-state index in [1.807, 2.05) is 18.2 Å². The van der Waals surface area contributed by atoms with Gasteiger partial charge in [-0.05, 0) is 12.1 Å². The zero-order valence-corrected chi connectivity index (χ0v) is 11.7. The van der Waals surface area contributed by atoms with E-state index in [9.17, 15) is 4.79 Å². The van der Waals surface area contributed by atoms with Gasteiger partial charge in [0.05, 0.1) is 10.7 Å². The summed E-state index contributed by atoms with van der Waals surface area (Å²) in [6.45, 7) is 0. The number of hydrogen-bond donors (Lipinski definition) is 1. The number of H-pyrrole nitrogens is 1. The van der Waals surface area contributed by atoms with E-state index in [-0.39, 0.29) is 5.56 Å². The number of fused-ring (bicyclic) bond motifs is 1. The Morgan fingerprint density at radius 3 is 2.75 bits per heavy atom. The van der Waals surface area contributed by atoms with E-state index in [2.05, 4.69) is 15.1 Å². The molecule has 7 heteroatoms. The average Bonchev–Trinajstić information content (AvgIpc) is 2.83. The van der Waals surface area contributed by atoms with Gasteiger partial charge in [-0.15, -0.1) is 5.10 Å². The van der Waals surface area contributed by atoms with E-state index in [0.717, 1.165) is 0 Å². The maximum absolute atomic E-state index is 12.0. The van der Waals surface area contributed by atoms with Crippen molar-refractivity contribution in [1.82, 2.24) is 19.7 Å². The number of halogens is 1. The van der Waals surface area contributed by atoms with Gasteiger partial charge in [-0.3, -0.25) is 9.78 Å². The van der Waals surface area contributed by atoms with E-state index in [1.54, 1.807) is 35.9 Å². The Balaban J connectivity index is 2.24. The zero-order valence-electron chi connectivity index (χ0n) is 11.0. The Bertz CT molecular complexity index is 836. The number of aromatic amines is 1. The predicted molar refractivity (Wildman–Crippen MR) is 78.8 cm³/mol. The Morgan fingerprint density at radius 1 is 1.30 bits per heavy atom. The van der Waals surface area contributed by atoms with Crippen LogP contribution >= 0.6 is 11.6 Å². The Morgan fingerprint density at radius 2 is 2.05 bits per heavy atom. The van der Waals surface area contributed by atoms with Crippen molar-refractivity contribution in [2.24, 2.45) is 0 Å². The highest BCUT2D eigenvalue weighted by atomic mass is 35.5. The second-order valence-electron chi connectivity index (χ2n) is 4.55. The summed E-state index contributed by atoms with van der Waals surface area (Å²) in [5.41, 5.74) is 0.868. The maximum atomic E-state index is 12.0. The van der Waals surface area contributed by atoms with Crippen LogP contribution in [0.25, 0.3) is 16.7 Å². The first-order chi connectivity index (χ1) is 9.56. The molecule has 0 aliphatic carbocycles. The molecule has 0 aliphatic heterocycles. The van der Waals surface area contributed by atoms with Crippen molar-refractivity contribution in [3.8, 4) is 5.69 Å². The quantitative estimate of drug-likeness (QED) is 0.781. The molecule has 0 saturated carbocycles. The fourth-order valence-electron chi connectivity index (χ4n) is 1.88. The third-order valence-corrected chi connectivity index (χ3v) is 3.22. The van der Waals surface area contributed by atoms with Crippen LogP contribution < -0.4 is 10.5 Å². The fourth-order valence-corrected chi connectivity index (χ4v) is 2.10. The minimum absolute atomic E-state index is 0.225. The highest BCUT2D eigenvalue weighted by molar-refractivity contribution is 6.32. The number of nitrogens with zero attached hydrogens (tertiary/aromatic N) is 4. The normalized spacial score (nSPS) is 10.9. The molecule has 1 aromatic carbocycles. The molecule has 2 aromatic heterocycles. The van der Waals surface area contributed by atoms with E-state index in [1.165, 1.54) is 0 Å². The minimum Gasteiger partial charge on any atom is -0.348 e. The van der Waals surface area contributed by atoms with Gasteiger partial charge >= 0.3 is 0 Å². The van der Waals surface area contributed by atoms with Crippen LogP contribution in [0.5, 0.6) is 0 Å². The monoisotopic (exact) mass is 289 g/mol. The summed E-state index contributed by atoms with van der Waals surface area (Å²) in [6, 6.07) is 7.29. The molecule has 0 radical (unpaired) electrons. The predicted octanol–water partition coefficient (Wildman–Crippen LogP) is 1.83. The lowest BCUT2D eigenvalue weighted by Gasteiger charge is -2.08. The molecule has 0 spiro atoms. The van der Waals surface area contributed by atoms with E-state index < -0.39 is 0 Å². The summed E-state index contributed by atoms with van der Waals surface area (Å²) in [6.07, 6.45) is 1.63. The molecule has 20 heavy (non-hydrogen) atoms. The highest BCUT2D eigenvalue weighted by Gasteiger charge is 2.11. The summed E-state index contributed by atoms with van der Waals surface area (Å²) in [5, 5.41) is 5.31. The number of benzene rings is 1. The minimum atomic E-state index is -0.225. The van der Waals surface area contributed by atoms with Crippen molar-refractivity contribution in [2.45, 2.75) is 0 Å². The van der Waals surface area contributed by atoms with Crippen LogP contribution in [0.15, 0.2) is 35.3 Å². The SMILES string of the molecule is CN(C)c1nc2nn(-c3ccccc3Cl)cc2c(=O)[nH]1. The van der Waals surface area contributed by atoms with Gasteiger partial charge in [0.2, 0.25) is 5.95 Å². The van der Waals surface area contributed by atoms with Crippen LogP contribution in [0, 0.1) is 0 Å². The fraction of sp³-hybridized carbons (Fsp3) is 0.154. The largest absolute Gasteiger partial charge is 0.348 e. The van der Waals surface area contributed by atoms with Crippen molar-refractivity contribution in [2.75, 3.05) is 19.0 Å². The van der Waals surface area contributed by atoms with Crippen LogP contribution in [-0.4, -0.2) is 33.8 Å². The van der Waals surface area contributed by atoms with Gasteiger partial charge in [0.1, 0.15) is 5.39 Å². The summed E-state index contributed by atoms with van der Waals surface area (Å²) in [4.78, 5) is 20.8. The number of rotatable bonds is 2. The molecule has 0 saturated heterocycles. The van der Waals surface area contributed by atoms with Gasteiger partial charge in [-0.1, -0.05) is 23.7 Å². The number of nitrogens with one attached hydrogen (secondary N) is 1. The summed E-state index contributed by atoms with van der Waals surface area (Å²) in [5.74, 6) is 0.465. The molecule has 1 N–H and O–H groups in total. The molecule has 0 unspecified atom stereocenters. The second kappa shape index (κ2) is 4.64. The zero-order chi connectivity index (χ0) is 14.3. The third kappa shape index (κ3) is 2.04. The topological polar surface area (TPSA) is 66.8 Å². The average molecular weight is 290 g/mol. The first kappa shape index (κ1) is 12.7. The Labute approximate surface area is 119 Å². The molecule has 102 valence electrons. The van der Waals surface area contributed by atoms with Crippen molar-refractivity contribution in [3.05, 3.63) is 45.8 Å². The van der Waals surface area contributed by atoms with E-state index >= 15 is 0 Å². The summed E-state index contributed by atoms with van der Waals surface area (Å²) >= 11 is 6.13. The highest BCUT2D eigenvalue weighted by Crippen LogP contribution is 2.20. The van der Waals surface area contributed by atoms with Crippen LogP contribution in [0.1, 0.15) is 0 Å². The van der Waals surface area contributed by atoms with Crippen molar-refractivity contribution < 1.29 is 0 Å². The maximum Gasteiger partial charge on any atom is 0.263 e. The van der Waals surface area contributed by atoms with Crippen LogP contribution in [0.3, 0.4) is 0 Å². The Kier molecular flexibility index (Phi) is 2.94. The number of hydrogen-bond acceptors (Lipinski definition) is 4. The Hall–Kier alpha value is -2.34. The van der Waals surface area contributed by atoms with E-state index in [0.29, 0.717) is 27.7 Å². The third-order valence-electron chi connectivity index (χ3n) is 2.90. The molecule has 0 fully saturated rings. The second-order valence-corrected chi connectivity index (χ2v) is 4.95. The smallest absolute Gasteiger partial charge is 0.263 e. The lowest BCUT2D eigenvalue weighted by atomic mass is 10.3. The molecule has 0 aliphatic rings. The van der Waals surface area contributed by atoms with Crippen LogP contribution in [0.4, 0.5) is 5.95 Å². The molecule has 0 amide bonds. The number of anilines is 1. The van der Waals surface area contributed by atoms with Gasteiger partial charge in [-0.2, -0.15) is 4.98 Å². The lowest BCUT2D eigenvalue weighted by molar-refractivity contribution is 0.887. The van der Waals surface area contributed by atoms with E-state index in [4.69, 9.17) is 11.6 Å². The van der Waals surface area contributed by atoms with Crippen LogP contribution in [0.2, 0.25) is 5.02 Å².